The summed E-state index contributed by atoms with van der Waals surface area (Å²) in [5.41, 5.74) is 11.8. The molecule has 0 aromatic heterocycles. The van der Waals surface area contributed by atoms with E-state index in [2.05, 4.69) is 112 Å². The Balaban J connectivity index is 1.50. The largest absolute Gasteiger partial charge is 0.0991 e. The van der Waals surface area contributed by atoms with Gasteiger partial charge in [-0.2, -0.15) is 0 Å². The quantitative estimate of drug-likeness (QED) is 0.229. The third-order valence-corrected chi connectivity index (χ3v) is 10.6. The monoisotopic (exact) mass is 540 g/mol. The first kappa shape index (κ1) is 25.6. The van der Waals surface area contributed by atoms with Crippen LogP contribution in [0.2, 0.25) is 5.02 Å². The summed E-state index contributed by atoms with van der Waals surface area (Å²) in [5.74, 6) is 1.05. The molecule has 0 fully saturated rings. The molecule has 0 heterocycles. The molecule has 0 nitrogen and oxygen atoms in total. The molecule has 0 aliphatic heterocycles. The molecule has 0 N–H and O–H groups in total. The molecule has 2 unspecified atom stereocenters. The van der Waals surface area contributed by atoms with E-state index >= 15 is 0 Å². The van der Waals surface area contributed by atoms with Gasteiger partial charge in [-0.1, -0.05) is 122 Å². The predicted octanol–water partition coefficient (Wildman–Crippen LogP) is 10.9. The summed E-state index contributed by atoms with van der Waals surface area (Å²) in [6.45, 7) is 11.2. The van der Waals surface area contributed by atoms with E-state index in [0.717, 1.165) is 24.3 Å². The Morgan fingerprint density at radius 2 is 1.73 bits per heavy atom. The van der Waals surface area contributed by atoms with Gasteiger partial charge in [0.2, 0.25) is 0 Å². The molecular weight excluding hydrogens is 504 g/mol. The second-order valence-electron chi connectivity index (χ2n) is 12.6. The molecular formula is C39H37Cl. The minimum Gasteiger partial charge on any atom is -0.0991 e. The van der Waals surface area contributed by atoms with Crippen molar-refractivity contribution in [1.29, 1.82) is 0 Å². The molecule has 4 aliphatic rings. The smallest absolute Gasteiger partial charge is 0.0454 e. The third-order valence-electron chi connectivity index (χ3n) is 10.4. The first-order valence-corrected chi connectivity index (χ1v) is 15.2. The summed E-state index contributed by atoms with van der Waals surface area (Å²) >= 11 is 6.29. The molecule has 1 spiro atoms. The lowest BCUT2D eigenvalue weighted by molar-refractivity contribution is 0.300. The molecule has 4 aliphatic carbocycles. The first-order chi connectivity index (χ1) is 19.4. The summed E-state index contributed by atoms with van der Waals surface area (Å²) in [7, 11) is 0. The standard InChI is InChI=1S/C39H37Cl/c1-5-6-12-33-25(2)39(36-15-10-9-14-35(36)38(33,3)4)34-13-8-7-11-31(34)32-21-19-29(24-37(32)39)26-16-17-28-23-30(40)20-18-27(28)22-26/h5-7,9-12,14-18,20,22-24,31,34H,1,8,13,19,21H2,2-4H3/b12-6-/t31?,34?,39-/m1/s1. The van der Waals surface area contributed by atoms with E-state index in [9.17, 15) is 0 Å². The summed E-state index contributed by atoms with van der Waals surface area (Å²) in [6.07, 6.45) is 18.6. The van der Waals surface area contributed by atoms with Crippen molar-refractivity contribution in [3.63, 3.8) is 0 Å². The Labute approximate surface area is 244 Å². The van der Waals surface area contributed by atoms with Gasteiger partial charge in [-0.05, 0) is 101 Å². The van der Waals surface area contributed by atoms with Gasteiger partial charge in [-0.15, -0.1) is 0 Å². The number of allylic oxidation sites excluding steroid dienone is 11. The zero-order valence-corrected chi connectivity index (χ0v) is 24.6. The fourth-order valence-corrected chi connectivity index (χ4v) is 8.88. The molecule has 0 bridgehead atoms. The zero-order chi connectivity index (χ0) is 27.6. The van der Waals surface area contributed by atoms with E-state index in [1.165, 1.54) is 50.6 Å². The number of fused-ring (bicyclic) bond motifs is 7. The molecule has 0 saturated carbocycles. The van der Waals surface area contributed by atoms with Gasteiger partial charge in [0, 0.05) is 21.8 Å². The van der Waals surface area contributed by atoms with E-state index < -0.39 is 0 Å². The van der Waals surface area contributed by atoms with E-state index in [4.69, 9.17) is 11.6 Å². The summed E-state index contributed by atoms with van der Waals surface area (Å²) < 4.78 is 0. The lowest BCUT2D eigenvalue weighted by atomic mass is 9.52. The van der Waals surface area contributed by atoms with Gasteiger partial charge >= 0.3 is 0 Å². The molecule has 0 amide bonds. The third kappa shape index (κ3) is 3.52. The van der Waals surface area contributed by atoms with Crippen LogP contribution in [-0.4, -0.2) is 0 Å². The van der Waals surface area contributed by atoms with Crippen molar-refractivity contribution >= 4 is 27.9 Å². The van der Waals surface area contributed by atoms with Gasteiger partial charge in [-0.3, -0.25) is 0 Å². The van der Waals surface area contributed by atoms with E-state index in [1.807, 2.05) is 12.1 Å². The predicted molar refractivity (Wildman–Crippen MR) is 172 cm³/mol. The van der Waals surface area contributed by atoms with Crippen molar-refractivity contribution in [3.8, 4) is 0 Å². The summed E-state index contributed by atoms with van der Waals surface area (Å²) in [5, 5.41) is 3.23. The fourth-order valence-electron chi connectivity index (χ4n) is 8.70. The number of rotatable bonds is 3. The first-order valence-electron chi connectivity index (χ1n) is 14.8. The average Bonchev–Trinajstić information content (AvgIpc) is 3.26. The highest BCUT2D eigenvalue weighted by atomic mass is 35.5. The normalized spacial score (nSPS) is 26.8. The minimum absolute atomic E-state index is 0.0738. The highest BCUT2D eigenvalue weighted by molar-refractivity contribution is 6.31. The lowest BCUT2D eigenvalue weighted by Crippen LogP contribution is -2.45. The zero-order valence-electron chi connectivity index (χ0n) is 23.8. The van der Waals surface area contributed by atoms with Crippen LogP contribution in [0.25, 0.3) is 16.3 Å². The van der Waals surface area contributed by atoms with Crippen LogP contribution in [0.1, 0.15) is 63.1 Å². The maximum Gasteiger partial charge on any atom is 0.0454 e. The van der Waals surface area contributed by atoms with Crippen LogP contribution in [0.3, 0.4) is 0 Å². The number of benzene rings is 3. The van der Waals surface area contributed by atoms with Crippen molar-refractivity contribution in [2.75, 3.05) is 0 Å². The molecule has 0 radical (unpaired) electrons. The maximum atomic E-state index is 6.29. The van der Waals surface area contributed by atoms with Crippen LogP contribution in [0, 0.1) is 11.8 Å². The van der Waals surface area contributed by atoms with Gasteiger partial charge < -0.3 is 0 Å². The van der Waals surface area contributed by atoms with Crippen molar-refractivity contribution in [3.05, 3.63) is 148 Å². The van der Waals surface area contributed by atoms with E-state index in [1.54, 1.807) is 11.1 Å². The Bertz CT molecular complexity index is 1720. The Morgan fingerprint density at radius 3 is 2.55 bits per heavy atom. The van der Waals surface area contributed by atoms with Gasteiger partial charge in [-0.25, -0.2) is 0 Å². The van der Waals surface area contributed by atoms with Crippen LogP contribution in [-0.2, 0) is 10.8 Å². The minimum atomic E-state index is -0.117. The topological polar surface area (TPSA) is 0 Å². The average molecular weight is 541 g/mol. The van der Waals surface area contributed by atoms with Gasteiger partial charge in [0.15, 0.2) is 0 Å². The second kappa shape index (κ2) is 9.35. The van der Waals surface area contributed by atoms with Gasteiger partial charge in [0.25, 0.3) is 0 Å². The summed E-state index contributed by atoms with van der Waals surface area (Å²) in [6, 6.07) is 22.4. The fraction of sp³-hybridized carbons (Fsp3) is 0.282. The molecule has 3 aromatic carbocycles. The Hall–Kier alpha value is -3.35. The summed E-state index contributed by atoms with van der Waals surface area (Å²) in [4.78, 5) is 0. The SMILES string of the molecule is C=C/C=C\C1=C(C)[C@]2(C3=C(CCC(c4ccc5cc(Cl)ccc5c4)=C3)C3C=CCCC32)c2ccccc2C1(C)C. The molecule has 0 saturated heterocycles. The highest BCUT2D eigenvalue weighted by Gasteiger charge is 2.58. The highest BCUT2D eigenvalue weighted by Crippen LogP contribution is 2.66. The molecule has 3 aromatic rings. The van der Waals surface area contributed by atoms with Crippen molar-refractivity contribution in [1.82, 2.24) is 0 Å². The van der Waals surface area contributed by atoms with E-state index in [0.29, 0.717) is 11.8 Å². The molecule has 3 atom stereocenters. The van der Waals surface area contributed by atoms with Crippen LogP contribution >= 0.6 is 11.6 Å². The second-order valence-corrected chi connectivity index (χ2v) is 13.0. The van der Waals surface area contributed by atoms with Gasteiger partial charge in [0.1, 0.15) is 0 Å². The number of halogens is 1. The molecule has 7 rings (SSSR count). The molecule has 40 heavy (non-hydrogen) atoms. The van der Waals surface area contributed by atoms with Crippen molar-refractivity contribution < 1.29 is 0 Å². The van der Waals surface area contributed by atoms with Crippen molar-refractivity contribution in [2.45, 2.75) is 57.3 Å². The Morgan fingerprint density at radius 1 is 0.950 bits per heavy atom. The number of hydrogen-bond donors (Lipinski definition) is 0. The van der Waals surface area contributed by atoms with Crippen LogP contribution < -0.4 is 0 Å². The molecule has 200 valence electrons. The lowest BCUT2D eigenvalue weighted by Gasteiger charge is -2.51. The van der Waals surface area contributed by atoms with Crippen LogP contribution in [0.5, 0.6) is 0 Å². The number of hydrogen-bond acceptors (Lipinski definition) is 0. The Kier molecular flexibility index (Phi) is 5.99. The molecule has 1 heteroatoms. The van der Waals surface area contributed by atoms with Crippen LogP contribution in [0.15, 0.2) is 126 Å². The van der Waals surface area contributed by atoms with Crippen molar-refractivity contribution in [2.24, 2.45) is 11.8 Å². The van der Waals surface area contributed by atoms with E-state index in [-0.39, 0.29) is 10.8 Å². The maximum absolute atomic E-state index is 6.29. The van der Waals surface area contributed by atoms with Gasteiger partial charge in [0.05, 0.1) is 0 Å². The van der Waals surface area contributed by atoms with Crippen LogP contribution in [0.4, 0.5) is 0 Å².